The van der Waals surface area contributed by atoms with E-state index in [-0.39, 0.29) is 11.7 Å². The van der Waals surface area contributed by atoms with Crippen molar-refractivity contribution in [3.63, 3.8) is 0 Å². The molecule has 132 valence electrons. The molecule has 0 atom stereocenters. The molecular formula is C16H23N3O4S. The van der Waals surface area contributed by atoms with E-state index in [1.165, 1.54) is 4.31 Å². The van der Waals surface area contributed by atoms with Gasteiger partial charge in [-0.25, -0.2) is 8.42 Å². The SMILES string of the molecule is CC(C)CNC(=O)C(=O)Nc1ccc(N2CCCCS2(=O)=O)cc1. The van der Waals surface area contributed by atoms with Gasteiger partial charge >= 0.3 is 11.8 Å². The van der Waals surface area contributed by atoms with E-state index in [0.29, 0.717) is 30.9 Å². The van der Waals surface area contributed by atoms with Gasteiger partial charge in [0.05, 0.1) is 11.4 Å². The number of sulfonamides is 1. The van der Waals surface area contributed by atoms with Gasteiger partial charge in [0.25, 0.3) is 0 Å². The lowest BCUT2D eigenvalue weighted by molar-refractivity contribution is -0.136. The number of carbonyl (C=O) groups excluding carboxylic acids is 2. The molecule has 2 rings (SSSR count). The quantitative estimate of drug-likeness (QED) is 0.798. The molecule has 1 saturated heterocycles. The van der Waals surface area contributed by atoms with E-state index >= 15 is 0 Å². The van der Waals surface area contributed by atoms with Crippen LogP contribution in [0, 0.1) is 5.92 Å². The molecule has 0 aliphatic carbocycles. The van der Waals surface area contributed by atoms with Crippen LogP contribution in [0.1, 0.15) is 26.7 Å². The molecule has 1 aliphatic heterocycles. The molecule has 0 unspecified atom stereocenters. The Morgan fingerprint density at radius 2 is 1.79 bits per heavy atom. The van der Waals surface area contributed by atoms with E-state index in [9.17, 15) is 18.0 Å². The maximum Gasteiger partial charge on any atom is 0.313 e. The van der Waals surface area contributed by atoms with Crippen molar-refractivity contribution in [1.82, 2.24) is 5.32 Å². The summed E-state index contributed by atoms with van der Waals surface area (Å²) in [4.78, 5) is 23.4. The van der Waals surface area contributed by atoms with Gasteiger partial charge < -0.3 is 10.6 Å². The van der Waals surface area contributed by atoms with Crippen LogP contribution in [0.4, 0.5) is 11.4 Å². The predicted octanol–water partition coefficient (Wildman–Crippen LogP) is 1.33. The molecule has 1 aromatic carbocycles. The summed E-state index contributed by atoms with van der Waals surface area (Å²) in [6.45, 7) is 4.76. The lowest BCUT2D eigenvalue weighted by Gasteiger charge is -2.28. The number of rotatable bonds is 4. The highest BCUT2D eigenvalue weighted by Crippen LogP contribution is 2.24. The summed E-state index contributed by atoms with van der Waals surface area (Å²) in [6.07, 6.45) is 1.51. The van der Waals surface area contributed by atoms with Crippen LogP contribution in [-0.4, -0.2) is 39.1 Å². The fourth-order valence-electron chi connectivity index (χ4n) is 2.35. The molecule has 2 N–H and O–H groups in total. The number of benzene rings is 1. The van der Waals surface area contributed by atoms with Crippen molar-refractivity contribution in [3.05, 3.63) is 24.3 Å². The summed E-state index contributed by atoms with van der Waals surface area (Å²) in [5, 5.41) is 5.03. The van der Waals surface area contributed by atoms with Gasteiger partial charge in [-0.15, -0.1) is 0 Å². The fraction of sp³-hybridized carbons (Fsp3) is 0.500. The van der Waals surface area contributed by atoms with E-state index in [2.05, 4.69) is 10.6 Å². The Balaban J connectivity index is 1.99. The van der Waals surface area contributed by atoms with E-state index in [1.54, 1.807) is 24.3 Å². The summed E-state index contributed by atoms with van der Waals surface area (Å²) in [5.74, 6) is -1.02. The minimum atomic E-state index is -3.26. The average Bonchev–Trinajstić information content (AvgIpc) is 2.53. The van der Waals surface area contributed by atoms with Crippen LogP contribution >= 0.6 is 0 Å². The van der Waals surface area contributed by atoms with Gasteiger partial charge in [-0.1, -0.05) is 13.8 Å². The number of hydrogen-bond acceptors (Lipinski definition) is 4. The first-order valence-corrected chi connectivity index (χ1v) is 9.60. The van der Waals surface area contributed by atoms with Crippen LogP contribution < -0.4 is 14.9 Å². The molecule has 1 aliphatic rings. The molecular weight excluding hydrogens is 330 g/mol. The summed E-state index contributed by atoms with van der Waals surface area (Å²) < 4.78 is 25.5. The van der Waals surface area contributed by atoms with Crippen molar-refractivity contribution in [1.29, 1.82) is 0 Å². The zero-order valence-electron chi connectivity index (χ0n) is 13.9. The highest BCUT2D eigenvalue weighted by atomic mass is 32.2. The molecule has 1 heterocycles. The van der Waals surface area contributed by atoms with Crippen molar-refractivity contribution in [2.75, 3.05) is 28.5 Å². The van der Waals surface area contributed by atoms with Crippen molar-refractivity contribution < 1.29 is 18.0 Å². The normalized spacial score (nSPS) is 16.7. The zero-order valence-corrected chi connectivity index (χ0v) is 14.7. The first-order chi connectivity index (χ1) is 11.3. The first kappa shape index (κ1) is 18.3. The number of amides is 2. The predicted molar refractivity (Wildman–Crippen MR) is 93.3 cm³/mol. The number of hydrogen-bond donors (Lipinski definition) is 2. The van der Waals surface area contributed by atoms with Crippen LogP contribution in [0.2, 0.25) is 0 Å². The minimum Gasteiger partial charge on any atom is -0.348 e. The molecule has 0 aromatic heterocycles. The third kappa shape index (κ3) is 4.70. The minimum absolute atomic E-state index is 0.154. The largest absolute Gasteiger partial charge is 0.348 e. The van der Waals surface area contributed by atoms with Crippen molar-refractivity contribution in [2.24, 2.45) is 5.92 Å². The van der Waals surface area contributed by atoms with Gasteiger partial charge in [-0.2, -0.15) is 0 Å². The zero-order chi connectivity index (χ0) is 17.7. The lowest BCUT2D eigenvalue weighted by Crippen LogP contribution is -2.38. The number of carbonyl (C=O) groups is 2. The molecule has 24 heavy (non-hydrogen) atoms. The third-order valence-corrected chi connectivity index (χ3v) is 5.51. The van der Waals surface area contributed by atoms with Crippen LogP contribution in [0.3, 0.4) is 0 Å². The Morgan fingerprint density at radius 3 is 2.38 bits per heavy atom. The van der Waals surface area contributed by atoms with Gasteiger partial charge in [-0.3, -0.25) is 13.9 Å². The monoisotopic (exact) mass is 353 g/mol. The Hall–Kier alpha value is -2.09. The highest BCUT2D eigenvalue weighted by molar-refractivity contribution is 7.92. The molecule has 0 spiro atoms. The second-order valence-corrected chi connectivity index (χ2v) is 8.21. The average molecular weight is 353 g/mol. The van der Waals surface area contributed by atoms with Crippen molar-refractivity contribution in [3.8, 4) is 0 Å². The summed E-state index contributed by atoms with van der Waals surface area (Å²) >= 11 is 0. The van der Waals surface area contributed by atoms with Crippen LogP contribution in [0.15, 0.2) is 24.3 Å². The van der Waals surface area contributed by atoms with E-state index < -0.39 is 21.8 Å². The molecule has 7 nitrogen and oxygen atoms in total. The smallest absolute Gasteiger partial charge is 0.313 e. The Labute approximate surface area is 142 Å². The second-order valence-electron chi connectivity index (χ2n) is 6.20. The first-order valence-electron chi connectivity index (χ1n) is 7.99. The van der Waals surface area contributed by atoms with Gasteiger partial charge in [0.15, 0.2) is 0 Å². The summed E-state index contributed by atoms with van der Waals surface area (Å²) in [5.41, 5.74) is 1.01. The number of nitrogens with zero attached hydrogens (tertiary/aromatic N) is 1. The number of anilines is 2. The maximum absolute atomic E-state index is 12.1. The van der Waals surface area contributed by atoms with Crippen LogP contribution in [-0.2, 0) is 19.6 Å². The third-order valence-electron chi connectivity index (χ3n) is 3.64. The molecule has 8 heteroatoms. The summed E-state index contributed by atoms with van der Waals surface area (Å²) in [6, 6.07) is 6.44. The van der Waals surface area contributed by atoms with E-state index in [0.717, 1.165) is 6.42 Å². The topological polar surface area (TPSA) is 95.6 Å². The summed E-state index contributed by atoms with van der Waals surface area (Å²) in [7, 11) is -3.26. The van der Waals surface area contributed by atoms with Gasteiger partial charge in [0.1, 0.15) is 0 Å². The van der Waals surface area contributed by atoms with Crippen molar-refractivity contribution >= 4 is 33.2 Å². The fourth-order valence-corrected chi connectivity index (χ4v) is 3.99. The molecule has 1 fully saturated rings. The van der Waals surface area contributed by atoms with Gasteiger partial charge in [0, 0.05) is 18.8 Å². The Bertz CT molecular complexity index is 699. The van der Waals surface area contributed by atoms with Gasteiger partial charge in [0.2, 0.25) is 10.0 Å². The molecule has 0 radical (unpaired) electrons. The standard InChI is InChI=1S/C16H23N3O4S/c1-12(2)11-17-15(20)16(21)18-13-5-7-14(8-6-13)19-9-3-4-10-24(19,22)23/h5-8,12H,3-4,9-11H2,1-2H3,(H,17,20)(H,18,21). The molecule has 0 saturated carbocycles. The number of nitrogens with one attached hydrogen (secondary N) is 2. The molecule has 2 amide bonds. The lowest BCUT2D eigenvalue weighted by atomic mass is 10.2. The van der Waals surface area contributed by atoms with Gasteiger partial charge in [-0.05, 0) is 43.0 Å². The maximum atomic E-state index is 12.1. The Kier molecular flexibility index (Phi) is 5.82. The van der Waals surface area contributed by atoms with Crippen LogP contribution in [0.25, 0.3) is 0 Å². The van der Waals surface area contributed by atoms with E-state index in [4.69, 9.17) is 0 Å². The van der Waals surface area contributed by atoms with Crippen molar-refractivity contribution in [2.45, 2.75) is 26.7 Å². The molecule has 1 aromatic rings. The molecule has 0 bridgehead atoms. The second kappa shape index (κ2) is 7.65. The Morgan fingerprint density at radius 1 is 1.12 bits per heavy atom. The van der Waals surface area contributed by atoms with E-state index in [1.807, 2.05) is 13.8 Å². The van der Waals surface area contributed by atoms with Crippen LogP contribution in [0.5, 0.6) is 0 Å². The highest BCUT2D eigenvalue weighted by Gasteiger charge is 2.25.